The van der Waals surface area contributed by atoms with Crippen LogP contribution in [-0.4, -0.2) is 41.4 Å². The molecule has 0 N–H and O–H groups in total. The Hall–Kier alpha value is -4.06. The molecule has 2 fully saturated rings. The monoisotopic (exact) mass is 517 g/mol. The molecule has 2 heterocycles. The number of amides is 1. The van der Waals surface area contributed by atoms with E-state index in [9.17, 15) is 9.59 Å². The number of Topliss-reactive ketones (excluding diaryl/α,β-unsaturated/α-hetero) is 1. The van der Waals surface area contributed by atoms with Crippen molar-refractivity contribution in [1.29, 1.82) is 0 Å². The number of benzene rings is 4. The van der Waals surface area contributed by atoms with Crippen molar-refractivity contribution in [2.75, 3.05) is 13.2 Å². The van der Waals surface area contributed by atoms with Gasteiger partial charge in [0.15, 0.2) is 5.78 Å². The van der Waals surface area contributed by atoms with Crippen molar-refractivity contribution in [3.63, 3.8) is 0 Å². The van der Waals surface area contributed by atoms with E-state index < -0.39 is 11.2 Å². The molecular formula is C34H31NO4. The summed E-state index contributed by atoms with van der Waals surface area (Å²) < 4.78 is 13.2. The van der Waals surface area contributed by atoms with Gasteiger partial charge in [0, 0.05) is 6.54 Å². The first-order chi connectivity index (χ1) is 19.1. The van der Waals surface area contributed by atoms with Gasteiger partial charge >= 0.3 is 0 Å². The maximum absolute atomic E-state index is 13.5. The summed E-state index contributed by atoms with van der Waals surface area (Å²) in [6.45, 7) is 0.708. The van der Waals surface area contributed by atoms with Crippen molar-refractivity contribution in [1.82, 2.24) is 4.90 Å². The van der Waals surface area contributed by atoms with E-state index in [0.29, 0.717) is 19.4 Å². The topological polar surface area (TPSA) is 55.8 Å². The van der Waals surface area contributed by atoms with Gasteiger partial charge in [0.2, 0.25) is 5.60 Å². The van der Waals surface area contributed by atoms with Crippen molar-refractivity contribution in [3.05, 3.63) is 144 Å². The highest BCUT2D eigenvalue weighted by molar-refractivity contribution is 6.16. The number of rotatable bonds is 8. The van der Waals surface area contributed by atoms with Crippen molar-refractivity contribution in [3.8, 4) is 0 Å². The minimum Gasteiger partial charge on any atom is -0.358 e. The zero-order valence-electron chi connectivity index (χ0n) is 21.7. The van der Waals surface area contributed by atoms with Crippen LogP contribution in [0.1, 0.15) is 35.1 Å². The predicted octanol–water partition coefficient (Wildman–Crippen LogP) is 5.52. The van der Waals surface area contributed by atoms with Gasteiger partial charge in [-0.3, -0.25) is 9.59 Å². The fraction of sp³-hybridized carbons (Fsp3) is 0.235. The van der Waals surface area contributed by atoms with Crippen LogP contribution < -0.4 is 0 Å². The van der Waals surface area contributed by atoms with E-state index >= 15 is 0 Å². The summed E-state index contributed by atoms with van der Waals surface area (Å²) in [5, 5.41) is 0. The first kappa shape index (κ1) is 25.2. The van der Waals surface area contributed by atoms with Crippen molar-refractivity contribution in [2.24, 2.45) is 0 Å². The molecule has 196 valence electrons. The highest BCUT2D eigenvalue weighted by Crippen LogP contribution is 2.43. The summed E-state index contributed by atoms with van der Waals surface area (Å²) >= 11 is 0. The van der Waals surface area contributed by atoms with E-state index in [-0.39, 0.29) is 30.9 Å². The Bertz CT molecular complexity index is 1330. The van der Waals surface area contributed by atoms with E-state index in [1.54, 1.807) is 4.90 Å². The van der Waals surface area contributed by atoms with E-state index in [2.05, 4.69) is 36.4 Å². The van der Waals surface area contributed by atoms with Crippen LogP contribution in [0.3, 0.4) is 0 Å². The third-order valence-corrected chi connectivity index (χ3v) is 7.85. The number of ketones is 1. The van der Waals surface area contributed by atoms with Gasteiger partial charge in [-0.2, -0.15) is 0 Å². The second kappa shape index (κ2) is 10.6. The Morgan fingerprint density at radius 1 is 0.744 bits per heavy atom. The number of hydrogen-bond donors (Lipinski definition) is 0. The highest BCUT2D eigenvalue weighted by atomic mass is 16.6. The highest BCUT2D eigenvalue weighted by Gasteiger charge is 2.59. The number of likely N-dealkylation sites (tertiary alicyclic amines) is 1. The smallest absolute Gasteiger partial charge is 0.263 e. The maximum Gasteiger partial charge on any atom is 0.263 e. The molecule has 0 saturated carbocycles. The lowest BCUT2D eigenvalue weighted by Gasteiger charge is -2.37. The second-order valence-corrected chi connectivity index (χ2v) is 10.3. The molecule has 0 radical (unpaired) electrons. The van der Waals surface area contributed by atoms with Crippen LogP contribution in [0.15, 0.2) is 121 Å². The average molecular weight is 518 g/mol. The summed E-state index contributed by atoms with van der Waals surface area (Å²) in [5.41, 5.74) is 1.70. The fourth-order valence-corrected chi connectivity index (χ4v) is 5.91. The summed E-state index contributed by atoms with van der Waals surface area (Å²) in [7, 11) is 0. The Balaban J connectivity index is 1.27. The third-order valence-electron chi connectivity index (χ3n) is 7.85. The average Bonchev–Trinajstić information content (AvgIpc) is 3.53. The predicted molar refractivity (Wildman–Crippen MR) is 149 cm³/mol. The minimum absolute atomic E-state index is 0.0727. The molecule has 5 nitrogen and oxygen atoms in total. The first-order valence-electron chi connectivity index (χ1n) is 13.5. The number of carbonyl (C=O) groups is 2. The van der Waals surface area contributed by atoms with Crippen LogP contribution in [0, 0.1) is 0 Å². The number of hydrogen-bond acceptors (Lipinski definition) is 4. The summed E-state index contributed by atoms with van der Waals surface area (Å²) in [6.07, 6.45) is 0.564. The Morgan fingerprint density at radius 3 is 1.74 bits per heavy atom. The lowest BCUT2D eigenvalue weighted by molar-refractivity contribution is -0.158. The van der Waals surface area contributed by atoms with Crippen molar-refractivity contribution < 1.29 is 19.1 Å². The molecule has 2 aliphatic heterocycles. The van der Waals surface area contributed by atoms with Crippen molar-refractivity contribution in [2.45, 2.75) is 36.7 Å². The molecule has 1 unspecified atom stereocenters. The number of nitrogens with zero attached hydrogens (tertiary/aromatic N) is 1. The van der Waals surface area contributed by atoms with Crippen LogP contribution in [0.2, 0.25) is 0 Å². The van der Waals surface area contributed by atoms with Crippen LogP contribution in [-0.2, 0) is 31.2 Å². The quantitative estimate of drug-likeness (QED) is 0.228. The normalized spacial score (nSPS) is 21.1. The molecule has 39 heavy (non-hydrogen) atoms. The van der Waals surface area contributed by atoms with E-state index in [1.165, 1.54) is 0 Å². The largest absolute Gasteiger partial charge is 0.358 e. The molecule has 1 amide bonds. The maximum atomic E-state index is 13.5. The van der Waals surface area contributed by atoms with Gasteiger partial charge in [-0.15, -0.1) is 0 Å². The Kier molecular flexibility index (Phi) is 6.86. The van der Waals surface area contributed by atoms with Gasteiger partial charge in [0.1, 0.15) is 5.60 Å². The van der Waals surface area contributed by atoms with Gasteiger partial charge in [-0.25, -0.2) is 0 Å². The molecule has 0 aromatic heterocycles. The number of carbonyl (C=O) groups excluding carboxylic acids is 2. The van der Waals surface area contributed by atoms with Gasteiger partial charge < -0.3 is 14.4 Å². The number of ether oxygens (including phenoxy) is 2. The Labute approximate surface area is 229 Å². The molecule has 6 rings (SSSR count). The lowest BCUT2D eigenvalue weighted by atomic mass is 9.80. The molecule has 2 aliphatic rings. The summed E-state index contributed by atoms with van der Waals surface area (Å²) in [5.74, 6) is -0.398. The van der Waals surface area contributed by atoms with Crippen LogP contribution in [0.5, 0.6) is 0 Å². The van der Waals surface area contributed by atoms with E-state index in [4.69, 9.17) is 9.47 Å². The molecule has 4 aromatic carbocycles. The SMILES string of the molecule is O=C1CN(Cc2ccccc2)C(=O)[C@]12CCC(COC(c1ccccc1)(c1ccccc1)c1ccccc1)O2. The molecule has 0 aliphatic carbocycles. The zero-order chi connectivity index (χ0) is 26.7. The molecule has 2 saturated heterocycles. The van der Waals surface area contributed by atoms with Gasteiger partial charge in [0.25, 0.3) is 5.91 Å². The van der Waals surface area contributed by atoms with Crippen LogP contribution in [0.25, 0.3) is 0 Å². The van der Waals surface area contributed by atoms with Crippen LogP contribution >= 0.6 is 0 Å². The molecule has 1 spiro atoms. The van der Waals surface area contributed by atoms with Gasteiger partial charge in [-0.05, 0) is 35.1 Å². The summed E-state index contributed by atoms with van der Waals surface area (Å²) in [4.78, 5) is 28.3. The Morgan fingerprint density at radius 2 is 1.23 bits per heavy atom. The van der Waals surface area contributed by atoms with E-state index in [0.717, 1.165) is 22.3 Å². The van der Waals surface area contributed by atoms with Gasteiger partial charge in [-0.1, -0.05) is 121 Å². The molecule has 0 bridgehead atoms. The molecule has 2 atom stereocenters. The van der Waals surface area contributed by atoms with Gasteiger partial charge in [0.05, 0.1) is 19.3 Å². The standard InChI is InChI=1S/C34H31NO4/c36-31-24-35(23-26-13-5-1-6-14-26)32(37)33(31)22-21-30(39-33)25-38-34(27-15-7-2-8-16-27,28-17-9-3-10-18-28)29-19-11-4-12-20-29/h1-20,30H,21-25H2/t30?,33-/m0/s1. The second-order valence-electron chi connectivity index (χ2n) is 10.3. The minimum atomic E-state index is -1.41. The third kappa shape index (κ3) is 4.58. The molecule has 4 aromatic rings. The van der Waals surface area contributed by atoms with Crippen LogP contribution in [0.4, 0.5) is 0 Å². The fourth-order valence-electron chi connectivity index (χ4n) is 5.91. The molecule has 5 heteroatoms. The summed E-state index contributed by atoms with van der Waals surface area (Å²) in [6, 6.07) is 40.2. The first-order valence-corrected chi connectivity index (χ1v) is 13.5. The van der Waals surface area contributed by atoms with E-state index in [1.807, 2.05) is 84.9 Å². The van der Waals surface area contributed by atoms with Crippen molar-refractivity contribution >= 4 is 11.7 Å². The molecular weight excluding hydrogens is 486 g/mol. The lowest BCUT2D eigenvalue weighted by Crippen LogP contribution is -2.44. The zero-order valence-corrected chi connectivity index (χ0v) is 21.7.